The third-order valence-corrected chi connectivity index (χ3v) is 4.35. The Morgan fingerprint density at radius 2 is 1.63 bits per heavy atom. The van der Waals surface area contributed by atoms with Crippen LogP contribution in [0.1, 0.15) is 6.92 Å². The van der Waals surface area contributed by atoms with Crippen molar-refractivity contribution < 1.29 is 59.5 Å². The number of ether oxygens (including phenoxy) is 3. The van der Waals surface area contributed by atoms with Gasteiger partial charge in [-0.1, -0.05) is 0 Å². The minimum Gasteiger partial charge on any atom is -0.479 e. The lowest BCUT2D eigenvalue weighted by Crippen LogP contribution is -2.67. The van der Waals surface area contributed by atoms with E-state index in [9.17, 15) is 45.3 Å². The van der Waals surface area contributed by atoms with Crippen LogP contribution in [0.5, 0.6) is 0 Å². The summed E-state index contributed by atoms with van der Waals surface area (Å²) in [6.45, 7) is 0.366. The molecule has 10 atom stereocenters. The summed E-state index contributed by atoms with van der Waals surface area (Å²) in [6.07, 6.45) is -15.7. The molecule has 0 aromatic rings. The second-order valence-corrected chi connectivity index (χ2v) is 6.30. The molecular weight excluding hydrogens is 374 g/mol. The van der Waals surface area contributed by atoms with E-state index < -0.39 is 79.8 Å². The summed E-state index contributed by atoms with van der Waals surface area (Å²) in [5.74, 6) is -2.27. The first-order valence-electron chi connectivity index (χ1n) is 8.06. The van der Waals surface area contributed by atoms with Gasteiger partial charge in [0.05, 0.1) is 6.61 Å². The van der Waals surface area contributed by atoms with Crippen LogP contribution < -0.4 is 5.32 Å². The fraction of sp³-hybridized carbons (Fsp3) is 0.857. The van der Waals surface area contributed by atoms with E-state index in [0.717, 1.165) is 6.92 Å². The van der Waals surface area contributed by atoms with Crippen LogP contribution in [0.2, 0.25) is 0 Å². The Morgan fingerprint density at radius 3 is 2.15 bits per heavy atom. The standard InChI is InChI=1S/C14H23NO12/c1-3(17)15-5-7(19)6(18)4(2-16)25-14(5)27-10-8(20)9(21)13(24)26-11(10)12(22)23/h4-11,13-14,16,18-21,24H,2H2,1H3,(H,15,17)(H,22,23)/t4-,5-,6-,7-,8-,9-,10+,11+,13?,14+/m1/s1. The number of carbonyl (C=O) groups is 2. The number of aliphatic hydroxyl groups excluding tert-OH is 6. The maximum atomic E-state index is 11.4. The number of amides is 1. The summed E-state index contributed by atoms with van der Waals surface area (Å²) in [6, 6.07) is -1.40. The largest absolute Gasteiger partial charge is 0.479 e. The molecule has 2 rings (SSSR count). The van der Waals surface area contributed by atoms with Crippen LogP contribution in [0.4, 0.5) is 0 Å². The highest BCUT2D eigenvalue weighted by atomic mass is 16.7. The topological polar surface area (TPSA) is 215 Å². The molecule has 1 unspecified atom stereocenters. The van der Waals surface area contributed by atoms with Crippen LogP contribution in [-0.4, -0.2) is 116 Å². The number of carboxylic acid groups (broad SMARTS) is 1. The van der Waals surface area contributed by atoms with Gasteiger partial charge in [0, 0.05) is 6.92 Å². The number of carbonyl (C=O) groups excluding carboxylic acids is 1. The quantitative estimate of drug-likeness (QED) is 0.218. The molecule has 0 bridgehead atoms. The van der Waals surface area contributed by atoms with E-state index in [4.69, 9.17) is 14.2 Å². The van der Waals surface area contributed by atoms with Crippen LogP contribution in [-0.2, 0) is 23.8 Å². The molecule has 2 fully saturated rings. The minimum atomic E-state index is -1.99. The minimum absolute atomic E-state index is 0.642. The maximum Gasteiger partial charge on any atom is 0.335 e. The Hall–Kier alpha value is -1.42. The van der Waals surface area contributed by atoms with E-state index >= 15 is 0 Å². The van der Waals surface area contributed by atoms with Crippen LogP contribution in [0.25, 0.3) is 0 Å². The lowest BCUT2D eigenvalue weighted by molar-refractivity contribution is -0.335. The highest BCUT2D eigenvalue weighted by molar-refractivity contribution is 5.74. The predicted molar refractivity (Wildman–Crippen MR) is 80.8 cm³/mol. The van der Waals surface area contributed by atoms with Crippen LogP contribution in [0.15, 0.2) is 0 Å². The number of nitrogens with one attached hydrogen (secondary N) is 1. The Morgan fingerprint density at radius 1 is 1.00 bits per heavy atom. The van der Waals surface area contributed by atoms with Gasteiger partial charge >= 0.3 is 5.97 Å². The van der Waals surface area contributed by atoms with Gasteiger partial charge < -0.3 is 55.3 Å². The predicted octanol–water partition coefficient (Wildman–Crippen LogP) is -5.16. The maximum absolute atomic E-state index is 11.4. The fourth-order valence-electron chi connectivity index (χ4n) is 2.94. The summed E-state index contributed by atoms with van der Waals surface area (Å²) in [5, 5.41) is 70.1. The highest BCUT2D eigenvalue weighted by Gasteiger charge is 2.52. The van der Waals surface area contributed by atoms with E-state index in [2.05, 4.69) is 5.32 Å². The highest BCUT2D eigenvalue weighted by Crippen LogP contribution is 2.28. The lowest BCUT2D eigenvalue weighted by atomic mass is 9.95. The molecule has 0 spiro atoms. The van der Waals surface area contributed by atoms with Gasteiger partial charge in [0.1, 0.15) is 42.7 Å². The number of hydrogen-bond donors (Lipinski definition) is 8. The van der Waals surface area contributed by atoms with Crippen molar-refractivity contribution in [2.24, 2.45) is 0 Å². The van der Waals surface area contributed by atoms with E-state index in [1.807, 2.05) is 0 Å². The molecule has 0 saturated carbocycles. The van der Waals surface area contributed by atoms with E-state index in [-0.39, 0.29) is 0 Å². The average molecular weight is 397 g/mol. The molecular formula is C14H23NO12. The summed E-state index contributed by atoms with van der Waals surface area (Å²) >= 11 is 0. The van der Waals surface area contributed by atoms with Crippen molar-refractivity contribution in [1.29, 1.82) is 0 Å². The van der Waals surface area contributed by atoms with Gasteiger partial charge in [-0.15, -0.1) is 0 Å². The fourth-order valence-corrected chi connectivity index (χ4v) is 2.94. The van der Waals surface area contributed by atoms with E-state index in [1.54, 1.807) is 0 Å². The van der Waals surface area contributed by atoms with E-state index in [1.165, 1.54) is 0 Å². The van der Waals surface area contributed by atoms with Crippen molar-refractivity contribution in [2.75, 3.05) is 6.61 Å². The molecule has 2 saturated heterocycles. The molecule has 27 heavy (non-hydrogen) atoms. The Labute approximate surface area is 152 Å². The monoisotopic (exact) mass is 397 g/mol. The first-order valence-corrected chi connectivity index (χ1v) is 8.06. The normalized spacial score (nSPS) is 45.3. The lowest BCUT2D eigenvalue weighted by Gasteiger charge is -2.46. The second kappa shape index (κ2) is 8.72. The summed E-state index contributed by atoms with van der Waals surface area (Å²) < 4.78 is 15.3. The zero-order valence-electron chi connectivity index (χ0n) is 14.2. The smallest absolute Gasteiger partial charge is 0.335 e. The van der Waals surface area contributed by atoms with Crippen molar-refractivity contribution in [2.45, 2.75) is 68.3 Å². The van der Waals surface area contributed by atoms with Gasteiger partial charge in [-0.2, -0.15) is 0 Å². The third kappa shape index (κ3) is 4.53. The summed E-state index contributed by atoms with van der Waals surface area (Å²) in [4.78, 5) is 22.7. The molecule has 1 amide bonds. The number of hydrogen-bond acceptors (Lipinski definition) is 11. The van der Waals surface area contributed by atoms with Gasteiger partial charge in [-0.05, 0) is 0 Å². The van der Waals surface area contributed by atoms with E-state index in [0.29, 0.717) is 0 Å². The van der Waals surface area contributed by atoms with Gasteiger partial charge in [0.2, 0.25) is 5.91 Å². The SMILES string of the molecule is CC(=O)N[C@H]1[C@H](O[C@H]2[C@H](O)[C@@H](O)C(O)O[C@@H]2C(=O)O)O[C@H](CO)[C@@H](O)[C@@H]1O. The first kappa shape index (κ1) is 21.9. The van der Waals surface area contributed by atoms with Crippen molar-refractivity contribution >= 4 is 11.9 Å². The first-order chi connectivity index (χ1) is 12.6. The van der Waals surface area contributed by atoms with Gasteiger partial charge in [0.15, 0.2) is 18.7 Å². The zero-order chi connectivity index (χ0) is 20.5. The van der Waals surface area contributed by atoms with Crippen molar-refractivity contribution in [3.05, 3.63) is 0 Å². The number of rotatable bonds is 5. The Kier molecular flexibility index (Phi) is 7.07. The summed E-state index contributed by atoms with van der Waals surface area (Å²) in [5.41, 5.74) is 0. The molecule has 8 N–H and O–H groups in total. The number of carboxylic acids is 1. The molecule has 0 aliphatic carbocycles. The Balaban J connectivity index is 2.28. The molecule has 2 aliphatic heterocycles. The van der Waals surface area contributed by atoms with Gasteiger partial charge in [0.25, 0.3) is 0 Å². The second-order valence-electron chi connectivity index (χ2n) is 6.30. The van der Waals surface area contributed by atoms with Crippen LogP contribution >= 0.6 is 0 Å². The molecule has 2 heterocycles. The van der Waals surface area contributed by atoms with Crippen molar-refractivity contribution in [1.82, 2.24) is 5.32 Å². The van der Waals surface area contributed by atoms with Gasteiger partial charge in [-0.25, -0.2) is 4.79 Å². The average Bonchev–Trinajstić information content (AvgIpc) is 2.60. The van der Waals surface area contributed by atoms with Crippen LogP contribution in [0, 0.1) is 0 Å². The number of aliphatic hydroxyl groups is 6. The molecule has 156 valence electrons. The van der Waals surface area contributed by atoms with Crippen molar-refractivity contribution in [3.8, 4) is 0 Å². The summed E-state index contributed by atoms with van der Waals surface area (Å²) in [7, 11) is 0. The molecule has 0 aromatic heterocycles. The molecule has 0 radical (unpaired) electrons. The molecule has 13 heteroatoms. The van der Waals surface area contributed by atoms with Crippen molar-refractivity contribution in [3.63, 3.8) is 0 Å². The third-order valence-electron chi connectivity index (χ3n) is 4.35. The molecule has 2 aliphatic rings. The van der Waals surface area contributed by atoms with Crippen LogP contribution in [0.3, 0.4) is 0 Å². The zero-order valence-corrected chi connectivity index (χ0v) is 14.2. The molecule has 0 aromatic carbocycles. The molecule has 13 nitrogen and oxygen atoms in total. The van der Waals surface area contributed by atoms with Gasteiger partial charge in [-0.3, -0.25) is 4.79 Å². The number of aliphatic carboxylic acids is 1. The Bertz CT molecular complexity index is 546.